The minimum absolute atomic E-state index is 0.137. The van der Waals surface area contributed by atoms with Gasteiger partial charge in [-0.2, -0.15) is 5.10 Å². The fourth-order valence-corrected chi connectivity index (χ4v) is 3.55. The maximum atomic E-state index is 13.1. The summed E-state index contributed by atoms with van der Waals surface area (Å²) < 4.78 is 4.02. The lowest BCUT2D eigenvalue weighted by Crippen LogP contribution is -2.35. The minimum Gasteiger partial charge on any atom is -0.339 e. The van der Waals surface area contributed by atoms with E-state index in [1.807, 2.05) is 52.3 Å². The molecule has 1 saturated heterocycles. The van der Waals surface area contributed by atoms with E-state index in [1.54, 1.807) is 0 Å². The molecule has 1 fully saturated rings. The smallest absolute Gasteiger partial charge is 0.256 e. The monoisotopic (exact) mass is 336 g/mol. The highest BCUT2D eigenvalue weighted by atomic mass is 16.2. The number of fused-ring (bicyclic) bond motifs is 1. The van der Waals surface area contributed by atoms with Crippen molar-refractivity contribution in [3.8, 4) is 11.4 Å². The Hall–Kier alpha value is -2.56. The van der Waals surface area contributed by atoms with E-state index in [0.717, 1.165) is 48.4 Å². The van der Waals surface area contributed by atoms with Crippen LogP contribution in [0.1, 0.15) is 49.5 Å². The molecule has 0 aliphatic carbocycles. The largest absolute Gasteiger partial charge is 0.339 e. The van der Waals surface area contributed by atoms with E-state index in [1.165, 1.54) is 6.42 Å². The van der Waals surface area contributed by atoms with Gasteiger partial charge >= 0.3 is 0 Å². The molecule has 0 radical (unpaired) electrons. The van der Waals surface area contributed by atoms with Gasteiger partial charge in [0.25, 0.3) is 5.91 Å². The second kappa shape index (κ2) is 6.39. The Balaban J connectivity index is 1.79. The molecule has 5 heteroatoms. The lowest BCUT2D eigenvalue weighted by Gasteiger charge is -2.26. The average Bonchev–Trinajstić information content (AvgIpc) is 3.27. The highest BCUT2D eigenvalue weighted by molar-refractivity contribution is 6.02. The molecule has 3 aromatic rings. The van der Waals surface area contributed by atoms with Gasteiger partial charge in [-0.1, -0.05) is 6.07 Å². The molecule has 0 saturated carbocycles. The van der Waals surface area contributed by atoms with Gasteiger partial charge in [-0.25, -0.2) is 0 Å². The van der Waals surface area contributed by atoms with E-state index in [2.05, 4.69) is 23.3 Å². The summed E-state index contributed by atoms with van der Waals surface area (Å²) in [6.45, 7) is 5.94. The molecule has 1 aliphatic heterocycles. The number of hydrogen-bond donors (Lipinski definition) is 0. The lowest BCUT2D eigenvalue weighted by atomic mass is 10.1. The number of pyridine rings is 1. The molecule has 0 bridgehead atoms. The van der Waals surface area contributed by atoms with E-state index in [4.69, 9.17) is 0 Å². The maximum Gasteiger partial charge on any atom is 0.256 e. The highest BCUT2D eigenvalue weighted by Gasteiger charge is 2.23. The predicted octanol–water partition coefficient (Wildman–Crippen LogP) is 4.01. The standard InChI is InChI=1S/C20H24N4O/c1-15(2)24-13-9-17(21-24)19-14-16(18-8-4-7-12-23(18)19)20(25)22-10-5-3-6-11-22/h4,7-9,12-15H,3,5-6,10-11H2,1-2H3. The number of likely N-dealkylation sites (tertiary alicyclic amines) is 1. The van der Waals surface area contributed by atoms with Gasteiger partial charge in [0.15, 0.2) is 0 Å². The quantitative estimate of drug-likeness (QED) is 0.725. The van der Waals surface area contributed by atoms with Crippen LogP contribution in [-0.4, -0.2) is 38.1 Å². The summed E-state index contributed by atoms with van der Waals surface area (Å²) in [5.41, 5.74) is 3.59. The van der Waals surface area contributed by atoms with Crippen molar-refractivity contribution in [2.75, 3.05) is 13.1 Å². The van der Waals surface area contributed by atoms with Crippen molar-refractivity contribution in [2.45, 2.75) is 39.2 Å². The molecular formula is C20H24N4O. The van der Waals surface area contributed by atoms with E-state index >= 15 is 0 Å². The van der Waals surface area contributed by atoms with Crippen LogP contribution >= 0.6 is 0 Å². The van der Waals surface area contributed by atoms with Crippen LogP contribution in [0.5, 0.6) is 0 Å². The summed E-state index contributed by atoms with van der Waals surface area (Å²) >= 11 is 0. The first-order valence-electron chi connectivity index (χ1n) is 9.10. The molecule has 0 unspecified atom stereocenters. The van der Waals surface area contributed by atoms with Crippen molar-refractivity contribution in [2.24, 2.45) is 0 Å². The Labute approximate surface area is 147 Å². The fourth-order valence-electron chi connectivity index (χ4n) is 3.55. The number of carbonyl (C=O) groups is 1. The number of piperidine rings is 1. The van der Waals surface area contributed by atoms with Crippen LogP contribution in [0.4, 0.5) is 0 Å². The van der Waals surface area contributed by atoms with Crippen LogP contribution in [0, 0.1) is 0 Å². The van der Waals surface area contributed by atoms with Crippen LogP contribution in [0.15, 0.2) is 42.7 Å². The Morgan fingerprint density at radius 2 is 1.88 bits per heavy atom. The van der Waals surface area contributed by atoms with Crippen molar-refractivity contribution in [3.63, 3.8) is 0 Å². The van der Waals surface area contributed by atoms with Gasteiger partial charge in [-0.05, 0) is 57.4 Å². The first-order chi connectivity index (χ1) is 12.1. The maximum absolute atomic E-state index is 13.1. The molecule has 1 aliphatic rings. The van der Waals surface area contributed by atoms with Gasteiger partial charge in [-0.15, -0.1) is 0 Å². The Morgan fingerprint density at radius 3 is 2.60 bits per heavy atom. The molecule has 0 atom stereocenters. The van der Waals surface area contributed by atoms with Crippen LogP contribution in [0.25, 0.3) is 16.9 Å². The molecule has 130 valence electrons. The number of hydrogen-bond acceptors (Lipinski definition) is 2. The molecule has 4 heterocycles. The van der Waals surface area contributed by atoms with Crippen molar-refractivity contribution >= 4 is 11.4 Å². The van der Waals surface area contributed by atoms with Gasteiger partial charge in [0, 0.05) is 31.5 Å². The number of nitrogens with zero attached hydrogens (tertiary/aromatic N) is 4. The van der Waals surface area contributed by atoms with E-state index in [9.17, 15) is 4.79 Å². The van der Waals surface area contributed by atoms with Crippen molar-refractivity contribution in [1.82, 2.24) is 19.1 Å². The van der Waals surface area contributed by atoms with Crippen LogP contribution in [0.3, 0.4) is 0 Å². The molecule has 0 N–H and O–H groups in total. The van der Waals surface area contributed by atoms with Gasteiger partial charge in [-0.3, -0.25) is 9.48 Å². The second-order valence-corrected chi connectivity index (χ2v) is 7.03. The molecule has 25 heavy (non-hydrogen) atoms. The number of carbonyl (C=O) groups excluding carboxylic acids is 1. The van der Waals surface area contributed by atoms with Crippen LogP contribution < -0.4 is 0 Å². The van der Waals surface area contributed by atoms with E-state index in [0.29, 0.717) is 6.04 Å². The summed E-state index contributed by atoms with van der Waals surface area (Å²) in [7, 11) is 0. The van der Waals surface area contributed by atoms with Crippen LogP contribution in [-0.2, 0) is 0 Å². The molecule has 1 amide bonds. The normalized spacial score (nSPS) is 15.2. The third-order valence-electron chi connectivity index (χ3n) is 4.95. The van der Waals surface area contributed by atoms with Gasteiger partial charge in [0.2, 0.25) is 0 Å². The third kappa shape index (κ3) is 2.84. The molecular weight excluding hydrogens is 312 g/mol. The van der Waals surface area contributed by atoms with Crippen molar-refractivity contribution in [3.05, 3.63) is 48.3 Å². The van der Waals surface area contributed by atoms with Crippen LogP contribution in [0.2, 0.25) is 0 Å². The SMILES string of the molecule is CC(C)n1ccc(-c2cc(C(=O)N3CCCCC3)c3ccccn23)n1. The van der Waals surface area contributed by atoms with Gasteiger partial charge in [0.1, 0.15) is 5.69 Å². The number of aromatic nitrogens is 3. The molecule has 3 aromatic heterocycles. The first-order valence-corrected chi connectivity index (χ1v) is 9.10. The summed E-state index contributed by atoms with van der Waals surface area (Å²) in [5.74, 6) is 0.137. The fraction of sp³-hybridized carbons (Fsp3) is 0.400. The Bertz CT molecular complexity index is 899. The summed E-state index contributed by atoms with van der Waals surface area (Å²) in [4.78, 5) is 15.0. The third-order valence-corrected chi connectivity index (χ3v) is 4.95. The van der Waals surface area contributed by atoms with Crippen molar-refractivity contribution < 1.29 is 4.79 Å². The Kier molecular flexibility index (Phi) is 4.07. The summed E-state index contributed by atoms with van der Waals surface area (Å²) in [6, 6.07) is 10.3. The number of rotatable bonds is 3. The van der Waals surface area contributed by atoms with E-state index < -0.39 is 0 Å². The first kappa shape index (κ1) is 15.9. The molecule has 5 nitrogen and oxygen atoms in total. The zero-order valence-corrected chi connectivity index (χ0v) is 14.9. The Morgan fingerprint density at radius 1 is 1.08 bits per heavy atom. The summed E-state index contributed by atoms with van der Waals surface area (Å²) in [6.07, 6.45) is 7.42. The van der Waals surface area contributed by atoms with E-state index in [-0.39, 0.29) is 5.91 Å². The zero-order valence-electron chi connectivity index (χ0n) is 14.9. The lowest BCUT2D eigenvalue weighted by molar-refractivity contribution is 0.0726. The second-order valence-electron chi connectivity index (χ2n) is 7.03. The number of amides is 1. The van der Waals surface area contributed by atoms with Gasteiger partial charge < -0.3 is 9.30 Å². The predicted molar refractivity (Wildman–Crippen MR) is 98.8 cm³/mol. The van der Waals surface area contributed by atoms with Crippen molar-refractivity contribution in [1.29, 1.82) is 0 Å². The minimum atomic E-state index is 0.137. The van der Waals surface area contributed by atoms with Gasteiger partial charge in [0.05, 0.1) is 16.8 Å². The molecule has 4 rings (SSSR count). The zero-order chi connectivity index (χ0) is 17.4. The molecule has 0 spiro atoms. The average molecular weight is 336 g/mol. The molecule has 0 aromatic carbocycles. The highest BCUT2D eigenvalue weighted by Crippen LogP contribution is 2.27. The summed E-state index contributed by atoms with van der Waals surface area (Å²) in [5, 5.41) is 4.69. The topological polar surface area (TPSA) is 42.5 Å².